The quantitative estimate of drug-likeness (QED) is 0.458. The van der Waals surface area contributed by atoms with Crippen molar-refractivity contribution in [2.75, 3.05) is 25.2 Å². The minimum atomic E-state index is -4.59. The molecule has 0 aliphatic carbocycles. The number of rotatable bonds is 10. The maximum atomic E-state index is 13.5. The van der Waals surface area contributed by atoms with Crippen LogP contribution in [0.5, 0.6) is 11.8 Å². The molecule has 0 atom stereocenters. The molecule has 29 heavy (non-hydrogen) atoms. The highest BCUT2D eigenvalue weighted by molar-refractivity contribution is 5.64. The van der Waals surface area contributed by atoms with Gasteiger partial charge in [-0.25, -0.2) is 4.98 Å². The van der Waals surface area contributed by atoms with E-state index < -0.39 is 11.7 Å². The number of aromatic nitrogens is 2. The van der Waals surface area contributed by atoms with Gasteiger partial charge in [-0.05, 0) is 24.5 Å². The zero-order chi connectivity index (χ0) is 21.4. The van der Waals surface area contributed by atoms with Crippen LogP contribution in [0, 0.1) is 5.92 Å². The van der Waals surface area contributed by atoms with E-state index in [1.165, 1.54) is 11.9 Å². The lowest BCUT2D eigenvalue weighted by Crippen LogP contribution is -2.19. The first-order chi connectivity index (χ1) is 13.7. The molecule has 0 aliphatic heterocycles. The smallest absolute Gasteiger partial charge is 0.421 e. The van der Waals surface area contributed by atoms with Gasteiger partial charge < -0.3 is 14.4 Å². The molecular weight excluding hydrogens is 383 g/mol. The third kappa shape index (κ3) is 6.80. The van der Waals surface area contributed by atoms with Crippen LogP contribution < -0.4 is 14.4 Å². The Bertz CT molecular complexity index is 782. The van der Waals surface area contributed by atoms with Crippen molar-refractivity contribution in [2.24, 2.45) is 5.92 Å². The van der Waals surface area contributed by atoms with E-state index in [1.54, 1.807) is 24.3 Å². The summed E-state index contributed by atoms with van der Waals surface area (Å²) in [6, 6.07) is 6.83. The van der Waals surface area contributed by atoms with Gasteiger partial charge in [0.2, 0.25) is 0 Å². The molecule has 0 saturated carbocycles. The van der Waals surface area contributed by atoms with Crippen molar-refractivity contribution < 1.29 is 22.6 Å². The zero-order valence-corrected chi connectivity index (χ0v) is 17.3. The summed E-state index contributed by atoms with van der Waals surface area (Å²) in [6.45, 7) is 6.98. The van der Waals surface area contributed by atoms with Gasteiger partial charge in [-0.1, -0.05) is 39.7 Å². The maximum absolute atomic E-state index is 13.5. The van der Waals surface area contributed by atoms with Gasteiger partial charge in [0, 0.05) is 25.0 Å². The summed E-state index contributed by atoms with van der Waals surface area (Å²) in [4.78, 5) is 9.16. The molecule has 5 nitrogen and oxygen atoms in total. The third-order valence-corrected chi connectivity index (χ3v) is 4.14. The molecule has 2 aromatic rings. The first-order valence-electron chi connectivity index (χ1n) is 9.76. The number of nitrogens with zero attached hydrogens (tertiary/aromatic N) is 3. The molecule has 0 unspecified atom stereocenters. The normalized spacial score (nSPS) is 11.6. The highest BCUT2D eigenvalue weighted by Crippen LogP contribution is 2.38. The van der Waals surface area contributed by atoms with E-state index >= 15 is 0 Å². The molecule has 1 aromatic carbocycles. The highest BCUT2D eigenvalue weighted by Gasteiger charge is 2.36. The van der Waals surface area contributed by atoms with Gasteiger partial charge in [-0.15, -0.1) is 0 Å². The van der Waals surface area contributed by atoms with E-state index in [1.807, 2.05) is 13.8 Å². The average Bonchev–Trinajstić information content (AvgIpc) is 2.68. The van der Waals surface area contributed by atoms with Gasteiger partial charge in [-0.2, -0.15) is 18.2 Å². The van der Waals surface area contributed by atoms with Crippen LogP contribution >= 0.6 is 0 Å². The predicted octanol–water partition coefficient (Wildman–Crippen LogP) is 5.87. The summed E-state index contributed by atoms with van der Waals surface area (Å²) in [5.41, 5.74) is -0.401. The number of ether oxygens (including phenoxy) is 2. The second kappa shape index (κ2) is 10.3. The van der Waals surface area contributed by atoms with E-state index in [0.29, 0.717) is 30.6 Å². The Balaban J connectivity index is 2.30. The maximum Gasteiger partial charge on any atom is 0.421 e. The lowest BCUT2D eigenvalue weighted by atomic mass is 10.2. The number of halogens is 3. The molecule has 0 fully saturated rings. The number of unbranched alkanes of at least 4 members (excludes halogenated alkanes) is 2. The molecule has 0 bridgehead atoms. The summed E-state index contributed by atoms with van der Waals surface area (Å²) in [5.74, 6) is 0.656. The number of hydrogen-bond donors (Lipinski definition) is 0. The van der Waals surface area contributed by atoms with Crippen molar-refractivity contribution in [1.29, 1.82) is 0 Å². The molecule has 2 rings (SSSR count). The standard InChI is InChI=1S/C21H28F3N3O2/c1-5-6-7-11-28-20-25-13-18(21(22,23)24)19(26-20)27(4)16-9-8-10-17(12-16)29-14-15(2)3/h8-10,12-13,15H,5-7,11,14H2,1-4H3. The van der Waals surface area contributed by atoms with Crippen LogP contribution in [-0.4, -0.2) is 30.2 Å². The van der Waals surface area contributed by atoms with Crippen molar-refractivity contribution in [1.82, 2.24) is 9.97 Å². The largest absolute Gasteiger partial charge is 0.493 e. The Kier molecular flexibility index (Phi) is 8.10. The number of hydrogen-bond acceptors (Lipinski definition) is 5. The fourth-order valence-electron chi connectivity index (χ4n) is 2.56. The fraction of sp³-hybridized carbons (Fsp3) is 0.524. The van der Waals surface area contributed by atoms with Crippen LogP contribution in [-0.2, 0) is 6.18 Å². The molecule has 0 radical (unpaired) electrons. The molecule has 1 heterocycles. The molecule has 160 valence electrons. The van der Waals surface area contributed by atoms with Crippen LogP contribution in [0.4, 0.5) is 24.7 Å². The highest BCUT2D eigenvalue weighted by atomic mass is 19.4. The lowest BCUT2D eigenvalue weighted by Gasteiger charge is -2.23. The first-order valence-corrected chi connectivity index (χ1v) is 9.76. The fourth-order valence-corrected chi connectivity index (χ4v) is 2.56. The molecule has 0 aliphatic rings. The van der Waals surface area contributed by atoms with Crippen LogP contribution in [0.25, 0.3) is 0 Å². The Labute approximate surface area is 169 Å². The van der Waals surface area contributed by atoms with Crippen molar-refractivity contribution in [3.05, 3.63) is 36.0 Å². The Morgan fingerprint density at radius 2 is 1.90 bits per heavy atom. The van der Waals surface area contributed by atoms with Crippen molar-refractivity contribution in [2.45, 2.75) is 46.2 Å². The minimum absolute atomic E-state index is 0.0665. The van der Waals surface area contributed by atoms with Gasteiger partial charge >= 0.3 is 12.2 Å². The molecule has 0 spiro atoms. The predicted molar refractivity (Wildman–Crippen MR) is 107 cm³/mol. The van der Waals surface area contributed by atoms with E-state index in [4.69, 9.17) is 9.47 Å². The Morgan fingerprint density at radius 3 is 2.55 bits per heavy atom. The monoisotopic (exact) mass is 411 g/mol. The van der Waals surface area contributed by atoms with Crippen LogP contribution in [0.15, 0.2) is 30.5 Å². The molecule has 1 aromatic heterocycles. The van der Waals surface area contributed by atoms with E-state index in [-0.39, 0.29) is 11.8 Å². The van der Waals surface area contributed by atoms with Gasteiger partial charge in [0.15, 0.2) is 5.82 Å². The summed E-state index contributed by atoms with van der Waals surface area (Å²) >= 11 is 0. The van der Waals surface area contributed by atoms with E-state index in [9.17, 15) is 13.2 Å². The number of anilines is 2. The number of alkyl halides is 3. The summed E-state index contributed by atoms with van der Waals surface area (Å²) in [5, 5.41) is 0. The molecule has 8 heteroatoms. The van der Waals surface area contributed by atoms with Crippen LogP contribution in [0.3, 0.4) is 0 Å². The van der Waals surface area contributed by atoms with E-state index in [2.05, 4.69) is 16.9 Å². The topological polar surface area (TPSA) is 47.5 Å². The zero-order valence-electron chi connectivity index (χ0n) is 17.3. The molecule has 0 saturated heterocycles. The minimum Gasteiger partial charge on any atom is -0.493 e. The molecular formula is C21H28F3N3O2. The SMILES string of the molecule is CCCCCOc1ncc(C(F)(F)F)c(N(C)c2cccc(OCC(C)C)c2)n1. The lowest BCUT2D eigenvalue weighted by molar-refractivity contribution is -0.137. The Hall–Kier alpha value is -2.51. The van der Waals surface area contributed by atoms with Gasteiger partial charge in [0.1, 0.15) is 11.3 Å². The second-order valence-corrected chi connectivity index (χ2v) is 7.20. The van der Waals surface area contributed by atoms with Gasteiger partial charge in [0.25, 0.3) is 0 Å². The first kappa shape index (κ1) is 22.8. The van der Waals surface area contributed by atoms with Gasteiger partial charge in [-0.3, -0.25) is 0 Å². The van der Waals surface area contributed by atoms with Crippen LogP contribution in [0.2, 0.25) is 0 Å². The summed E-state index contributed by atoms with van der Waals surface area (Å²) in [6.07, 6.45) is -1.04. The van der Waals surface area contributed by atoms with E-state index in [0.717, 1.165) is 25.5 Å². The second-order valence-electron chi connectivity index (χ2n) is 7.20. The van der Waals surface area contributed by atoms with Crippen molar-refractivity contribution in [3.8, 4) is 11.8 Å². The average molecular weight is 411 g/mol. The summed E-state index contributed by atoms with van der Waals surface area (Å²) < 4.78 is 51.7. The van der Waals surface area contributed by atoms with Crippen LogP contribution in [0.1, 0.15) is 45.6 Å². The van der Waals surface area contributed by atoms with Gasteiger partial charge in [0.05, 0.1) is 13.2 Å². The third-order valence-electron chi connectivity index (χ3n) is 4.14. The number of benzene rings is 1. The summed E-state index contributed by atoms with van der Waals surface area (Å²) in [7, 11) is 1.53. The van der Waals surface area contributed by atoms with Crippen molar-refractivity contribution >= 4 is 11.5 Å². The molecule has 0 N–H and O–H groups in total. The van der Waals surface area contributed by atoms with Crippen molar-refractivity contribution in [3.63, 3.8) is 0 Å². The molecule has 0 amide bonds. The Morgan fingerprint density at radius 1 is 1.14 bits per heavy atom.